The summed E-state index contributed by atoms with van der Waals surface area (Å²) in [5.74, 6) is 0.411. The summed E-state index contributed by atoms with van der Waals surface area (Å²) in [6.07, 6.45) is 2.38. The molecule has 0 aliphatic rings. The van der Waals surface area contributed by atoms with Gasteiger partial charge >= 0.3 is 0 Å². The third kappa shape index (κ3) is 4.20. The van der Waals surface area contributed by atoms with Crippen molar-refractivity contribution in [3.05, 3.63) is 28.5 Å². The van der Waals surface area contributed by atoms with Gasteiger partial charge in [-0.15, -0.1) is 0 Å². The van der Waals surface area contributed by atoms with Crippen LogP contribution in [0.2, 0.25) is 0 Å². The zero-order valence-corrected chi connectivity index (χ0v) is 10.8. The highest BCUT2D eigenvalue weighted by Crippen LogP contribution is 2.23. The molecule has 1 aromatic rings. The number of hydrogen-bond donors (Lipinski definition) is 1. The first kappa shape index (κ1) is 12.5. The van der Waals surface area contributed by atoms with Gasteiger partial charge in [0.25, 0.3) is 0 Å². The van der Waals surface area contributed by atoms with Crippen molar-refractivity contribution in [3.63, 3.8) is 0 Å². The van der Waals surface area contributed by atoms with Crippen LogP contribution >= 0.6 is 15.9 Å². The molecule has 3 heteroatoms. The second-order valence-corrected chi connectivity index (χ2v) is 4.75. The van der Waals surface area contributed by atoms with E-state index in [9.17, 15) is 4.39 Å². The molecule has 1 N–H and O–H groups in total. The maximum atomic E-state index is 13.0. The van der Waals surface area contributed by atoms with E-state index in [1.165, 1.54) is 25.0 Å². The van der Waals surface area contributed by atoms with Crippen molar-refractivity contribution in [2.24, 2.45) is 5.92 Å². The van der Waals surface area contributed by atoms with E-state index in [0.717, 1.165) is 16.7 Å². The highest BCUT2D eigenvalue weighted by Gasteiger charge is 2.04. The highest BCUT2D eigenvalue weighted by molar-refractivity contribution is 9.10. The van der Waals surface area contributed by atoms with E-state index in [-0.39, 0.29) is 5.82 Å². The van der Waals surface area contributed by atoms with Crippen LogP contribution in [0.4, 0.5) is 10.1 Å². The largest absolute Gasteiger partial charge is 0.384 e. The zero-order valence-electron chi connectivity index (χ0n) is 9.19. The maximum absolute atomic E-state index is 13.0. The van der Waals surface area contributed by atoms with E-state index in [0.29, 0.717) is 5.92 Å². The topological polar surface area (TPSA) is 12.0 Å². The molecule has 0 radical (unpaired) electrons. The first-order valence-electron chi connectivity index (χ1n) is 5.32. The van der Waals surface area contributed by atoms with Gasteiger partial charge < -0.3 is 5.32 Å². The van der Waals surface area contributed by atoms with Gasteiger partial charge in [-0.25, -0.2) is 4.39 Å². The molecular weight excluding hydrogens is 257 g/mol. The molecule has 0 amide bonds. The molecule has 1 aromatic carbocycles. The molecule has 15 heavy (non-hydrogen) atoms. The van der Waals surface area contributed by atoms with E-state index in [2.05, 4.69) is 35.1 Å². The van der Waals surface area contributed by atoms with E-state index in [1.807, 2.05) is 0 Å². The van der Waals surface area contributed by atoms with E-state index >= 15 is 0 Å². The second-order valence-electron chi connectivity index (χ2n) is 3.90. The number of hydrogen-bond acceptors (Lipinski definition) is 1. The molecule has 0 saturated heterocycles. The molecule has 0 aromatic heterocycles. The molecule has 0 fully saturated rings. The van der Waals surface area contributed by atoms with E-state index in [1.54, 1.807) is 6.07 Å². The minimum absolute atomic E-state index is 0.205. The van der Waals surface area contributed by atoms with Gasteiger partial charge in [0, 0.05) is 11.0 Å². The number of rotatable bonds is 5. The van der Waals surface area contributed by atoms with Gasteiger partial charge in [-0.1, -0.05) is 20.3 Å². The molecular formula is C12H17BrFN. The Morgan fingerprint density at radius 2 is 2.20 bits per heavy atom. The van der Waals surface area contributed by atoms with Crippen LogP contribution in [0.3, 0.4) is 0 Å². The standard InChI is InChI=1S/C12H17BrFN/c1-3-4-9(2)8-15-12-7-10(14)5-6-11(12)13/h5-7,9,15H,3-4,8H2,1-2H3. The Balaban J connectivity index is 2.53. The predicted octanol–water partition coefficient (Wildman–Crippen LogP) is 4.44. The smallest absolute Gasteiger partial charge is 0.125 e. The van der Waals surface area contributed by atoms with Crippen LogP contribution in [-0.2, 0) is 0 Å². The number of halogens is 2. The lowest BCUT2D eigenvalue weighted by atomic mass is 10.1. The lowest BCUT2D eigenvalue weighted by Gasteiger charge is -2.13. The van der Waals surface area contributed by atoms with Crippen molar-refractivity contribution in [2.45, 2.75) is 26.7 Å². The molecule has 0 aliphatic heterocycles. The van der Waals surface area contributed by atoms with E-state index < -0.39 is 0 Å². The summed E-state index contributed by atoms with van der Waals surface area (Å²) in [6, 6.07) is 4.69. The Labute approximate surface area is 99.2 Å². The molecule has 0 aliphatic carbocycles. The van der Waals surface area contributed by atoms with Crippen LogP contribution in [-0.4, -0.2) is 6.54 Å². The summed E-state index contributed by atoms with van der Waals surface area (Å²) in [5, 5.41) is 3.25. The van der Waals surface area contributed by atoms with Crippen molar-refractivity contribution in [1.29, 1.82) is 0 Å². The zero-order chi connectivity index (χ0) is 11.3. The Kier molecular flexibility index (Phi) is 5.09. The van der Waals surface area contributed by atoms with Crippen LogP contribution in [0, 0.1) is 11.7 Å². The molecule has 0 spiro atoms. The third-order valence-electron chi connectivity index (χ3n) is 2.35. The van der Waals surface area contributed by atoms with Crippen molar-refractivity contribution < 1.29 is 4.39 Å². The fourth-order valence-electron chi connectivity index (χ4n) is 1.51. The summed E-state index contributed by atoms with van der Waals surface area (Å²) in [5.41, 5.74) is 0.831. The lowest BCUT2D eigenvalue weighted by molar-refractivity contribution is 0.550. The quantitative estimate of drug-likeness (QED) is 0.837. The maximum Gasteiger partial charge on any atom is 0.125 e. The molecule has 1 rings (SSSR count). The first-order valence-corrected chi connectivity index (χ1v) is 6.11. The van der Waals surface area contributed by atoms with Crippen LogP contribution in [0.25, 0.3) is 0 Å². The lowest BCUT2D eigenvalue weighted by Crippen LogP contribution is -2.11. The average molecular weight is 274 g/mol. The molecule has 0 bridgehead atoms. The van der Waals surface area contributed by atoms with Gasteiger partial charge in [0.15, 0.2) is 0 Å². The van der Waals surface area contributed by atoms with Gasteiger partial charge in [-0.2, -0.15) is 0 Å². The Morgan fingerprint density at radius 3 is 2.87 bits per heavy atom. The Bertz CT molecular complexity index is 314. The minimum atomic E-state index is -0.205. The van der Waals surface area contributed by atoms with Gasteiger partial charge in [-0.05, 0) is 46.5 Å². The van der Waals surface area contributed by atoms with Crippen LogP contribution in [0.5, 0.6) is 0 Å². The first-order chi connectivity index (χ1) is 7.13. The minimum Gasteiger partial charge on any atom is -0.384 e. The summed E-state index contributed by atoms with van der Waals surface area (Å²) in [6.45, 7) is 5.26. The third-order valence-corrected chi connectivity index (χ3v) is 3.04. The monoisotopic (exact) mass is 273 g/mol. The van der Waals surface area contributed by atoms with Crippen LogP contribution < -0.4 is 5.32 Å². The van der Waals surface area contributed by atoms with Crippen molar-refractivity contribution in [3.8, 4) is 0 Å². The van der Waals surface area contributed by atoms with Gasteiger partial charge in [-0.3, -0.25) is 0 Å². The molecule has 1 unspecified atom stereocenters. The number of anilines is 1. The fraction of sp³-hybridized carbons (Fsp3) is 0.500. The van der Waals surface area contributed by atoms with Gasteiger partial charge in [0.05, 0.1) is 5.69 Å². The number of benzene rings is 1. The van der Waals surface area contributed by atoms with Crippen molar-refractivity contribution in [1.82, 2.24) is 0 Å². The summed E-state index contributed by atoms with van der Waals surface area (Å²) in [7, 11) is 0. The normalized spacial score (nSPS) is 12.5. The molecule has 0 heterocycles. The fourth-order valence-corrected chi connectivity index (χ4v) is 1.90. The predicted molar refractivity (Wildman–Crippen MR) is 66.7 cm³/mol. The van der Waals surface area contributed by atoms with E-state index in [4.69, 9.17) is 0 Å². The summed E-state index contributed by atoms with van der Waals surface area (Å²) >= 11 is 3.39. The van der Waals surface area contributed by atoms with Crippen LogP contribution in [0.15, 0.2) is 22.7 Å². The Morgan fingerprint density at radius 1 is 1.47 bits per heavy atom. The van der Waals surface area contributed by atoms with Gasteiger partial charge in [0.1, 0.15) is 5.82 Å². The molecule has 84 valence electrons. The van der Waals surface area contributed by atoms with Crippen molar-refractivity contribution >= 4 is 21.6 Å². The van der Waals surface area contributed by atoms with Gasteiger partial charge in [0.2, 0.25) is 0 Å². The summed E-state index contributed by atoms with van der Waals surface area (Å²) in [4.78, 5) is 0. The SMILES string of the molecule is CCCC(C)CNc1cc(F)ccc1Br. The number of nitrogens with one attached hydrogen (secondary N) is 1. The van der Waals surface area contributed by atoms with Crippen molar-refractivity contribution in [2.75, 3.05) is 11.9 Å². The molecule has 1 nitrogen and oxygen atoms in total. The highest BCUT2D eigenvalue weighted by atomic mass is 79.9. The molecule has 0 saturated carbocycles. The average Bonchev–Trinajstić information content (AvgIpc) is 2.20. The second kappa shape index (κ2) is 6.11. The molecule has 1 atom stereocenters. The summed E-state index contributed by atoms with van der Waals surface area (Å²) < 4.78 is 13.9. The van der Waals surface area contributed by atoms with Crippen LogP contribution in [0.1, 0.15) is 26.7 Å². The Hall–Kier alpha value is -0.570.